The van der Waals surface area contributed by atoms with E-state index in [0.717, 1.165) is 59.8 Å². The highest BCUT2D eigenvalue weighted by Crippen LogP contribution is 2.50. The number of nitriles is 1. The number of hydrogen-bond donors (Lipinski definition) is 1. The van der Waals surface area contributed by atoms with E-state index >= 15 is 0 Å². The summed E-state index contributed by atoms with van der Waals surface area (Å²) in [6.07, 6.45) is 2.21. The maximum absolute atomic E-state index is 9.72. The normalized spacial score (nSPS) is 16.0. The number of rotatable bonds is 2. The second kappa shape index (κ2) is 5.41. The minimum absolute atomic E-state index is 0.322. The van der Waals surface area contributed by atoms with Crippen LogP contribution in [0.4, 0.5) is 11.5 Å². The fourth-order valence-corrected chi connectivity index (χ4v) is 3.97. The molecule has 0 atom stereocenters. The topological polar surface area (TPSA) is 75.2 Å². The van der Waals surface area contributed by atoms with Crippen molar-refractivity contribution in [2.75, 3.05) is 30.8 Å². The molecule has 5 rings (SSSR count). The van der Waals surface area contributed by atoms with E-state index in [0.29, 0.717) is 17.3 Å². The molecule has 0 aliphatic carbocycles. The lowest BCUT2D eigenvalue weighted by Gasteiger charge is -2.43. The van der Waals surface area contributed by atoms with Crippen molar-refractivity contribution in [3.8, 4) is 22.9 Å². The van der Waals surface area contributed by atoms with E-state index in [2.05, 4.69) is 16.0 Å². The number of ether oxygens (including phenoxy) is 1. The summed E-state index contributed by atoms with van der Waals surface area (Å²) in [5, 5.41) is 9.72. The van der Waals surface area contributed by atoms with Crippen molar-refractivity contribution < 1.29 is 4.74 Å². The van der Waals surface area contributed by atoms with Gasteiger partial charge in [-0.15, -0.1) is 0 Å². The molecule has 1 aromatic carbocycles. The third kappa shape index (κ3) is 2.03. The van der Waals surface area contributed by atoms with Gasteiger partial charge < -0.3 is 15.4 Å². The molecule has 3 aliphatic rings. The third-order valence-corrected chi connectivity index (χ3v) is 5.16. The lowest BCUT2D eigenvalue weighted by molar-refractivity contribution is 0.416. The second-order valence-corrected chi connectivity index (χ2v) is 6.56. The van der Waals surface area contributed by atoms with Crippen LogP contribution in [0.5, 0.6) is 5.75 Å². The number of fused-ring (bicyclic) bond motifs is 2. The molecule has 1 fully saturated rings. The molecule has 0 unspecified atom stereocenters. The van der Waals surface area contributed by atoms with Crippen molar-refractivity contribution in [2.24, 2.45) is 0 Å². The predicted molar refractivity (Wildman–Crippen MR) is 94.3 cm³/mol. The number of aryl methyl sites for hydroxylation is 1. The van der Waals surface area contributed by atoms with Crippen molar-refractivity contribution in [3.63, 3.8) is 0 Å². The average Bonchev–Trinajstić information content (AvgIpc) is 2.61. The van der Waals surface area contributed by atoms with Gasteiger partial charge in [0.15, 0.2) is 0 Å². The summed E-state index contributed by atoms with van der Waals surface area (Å²) in [6, 6.07) is 8.33. The first kappa shape index (κ1) is 14.8. The number of hydrogen-bond acceptors (Lipinski definition) is 5. The molecule has 5 nitrogen and oxygen atoms in total. The van der Waals surface area contributed by atoms with Crippen molar-refractivity contribution in [1.82, 2.24) is 4.98 Å². The number of nitrogens with two attached hydrogens (primary N) is 1. The van der Waals surface area contributed by atoms with Crippen LogP contribution in [0.15, 0.2) is 18.2 Å². The zero-order chi connectivity index (χ0) is 16.8. The minimum atomic E-state index is 0.322. The Morgan fingerprint density at radius 1 is 1.33 bits per heavy atom. The highest BCUT2D eigenvalue weighted by atomic mass is 16.5. The Balaban J connectivity index is 2.07. The molecule has 0 radical (unpaired) electrons. The first-order valence-corrected chi connectivity index (χ1v) is 8.27. The summed E-state index contributed by atoms with van der Waals surface area (Å²) in [5.74, 6) is 1.53. The number of pyridine rings is 1. The Labute approximate surface area is 141 Å². The van der Waals surface area contributed by atoms with E-state index in [9.17, 15) is 5.26 Å². The Kier molecular flexibility index (Phi) is 3.34. The largest absolute Gasteiger partial charge is 0.496 e. The van der Waals surface area contributed by atoms with Gasteiger partial charge in [0, 0.05) is 30.1 Å². The van der Waals surface area contributed by atoms with Crippen LogP contribution in [-0.4, -0.2) is 25.2 Å². The van der Waals surface area contributed by atoms with Gasteiger partial charge in [-0.05, 0) is 31.4 Å². The molecule has 0 amide bonds. The number of aromatic nitrogens is 1. The first-order valence-electron chi connectivity index (χ1n) is 8.27. The maximum Gasteiger partial charge on any atom is 0.142 e. The molecule has 0 saturated carbocycles. The Bertz CT molecular complexity index is 861. The van der Waals surface area contributed by atoms with E-state index in [-0.39, 0.29) is 0 Å². The summed E-state index contributed by atoms with van der Waals surface area (Å²) >= 11 is 0. The molecule has 1 aromatic heterocycles. The number of benzene rings is 1. The number of nitrogens with zero attached hydrogens (tertiary/aromatic N) is 3. The molecule has 3 aliphatic heterocycles. The van der Waals surface area contributed by atoms with Gasteiger partial charge in [0.05, 0.1) is 18.5 Å². The minimum Gasteiger partial charge on any atom is -0.496 e. The SMILES string of the molecule is COc1cc(C)ccc1-c1c(C#N)c(N)nc2c1N1CCC2CC1. The van der Waals surface area contributed by atoms with E-state index in [1.54, 1.807) is 7.11 Å². The standard InChI is InChI=1S/C19H20N4O/c1-11-3-4-13(15(9-11)24-2)16-14(10-20)19(21)22-17-12-5-7-23(8-6-12)18(16)17/h3-4,9,12H,5-8H2,1-2H3,(H2,21,22). The van der Waals surface area contributed by atoms with Gasteiger partial charge in [-0.1, -0.05) is 12.1 Å². The fourth-order valence-electron chi connectivity index (χ4n) is 3.97. The molecular formula is C19H20N4O. The number of methoxy groups -OCH3 is 1. The molecule has 2 N–H and O–H groups in total. The lowest BCUT2D eigenvalue weighted by atomic mass is 9.82. The quantitative estimate of drug-likeness (QED) is 0.919. The van der Waals surface area contributed by atoms with Gasteiger partial charge in [-0.3, -0.25) is 0 Å². The van der Waals surface area contributed by atoms with Crippen LogP contribution in [0.3, 0.4) is 0 Å². The molecule has 2 aromatic rings. The number of piperidine rings is 1. The van der Waals surface area contributed by atoms with Crippen LogP contribution in [0, 0.1) is 18.3 Å². The summed E-state index contributed by atoms with van der Waals surface area (Å²) in [4.78, 5) is 6.94. The summed E-state index contributed by atoms with van der Waals surface area (Å²) < 4.78 is 5.60. The maximum atomic E-state index is 9.72. The fraction of sp³-hybridized carbons (Fsp3) is 0.368. The van der Waals surface area contributed by atoms with Gasteiger partial charge in [0.2, 0.25) is 0 Å². The monoisotopic (exact) mass is 320 g/mol. The molecular weight excluding hydrogens is 300 g/mol. The van der Waals surface area contributed by atoms with Crippen LogP contribution in [0.25, 0.3) is 11.1 Å². The Morgan fingerprint density at radius 3 is 2.75 bits per heavy atom. The smallest absolute Gasteiger partial charge is 0.142 e. The van der Waals surface area contributed by atoms with E-state index in [4.69, 9.17) is 10.5 Å². The highest BCUT2D eigenvalue weighted by Gasteiger charge is 2.36. The van der Waals surface area contributed by atoms with Crippen LogP contribution in [0.2, 0.25) is 0 Å². The molecule has 0 spiro atoms. The van der Waals surface area contributed by atoms with Gasteiger partial charge in [0.25, 0.3) is 0 Å². The molecule has 1 saturated heterocycles. The molecule has 24 heavy (non-hydrogen) atoms. The van der Waals surface area contributed by atoms with E-state index < -0.39 is 0 Å². The average molecular weight is 320 g/mol. The van der Waals surface area contributed by atoms with Crippen LogP contribution >= 0.6 is 0 Å². The van der Waals surface area contributed by atoms with Gasteiger partial charge >= 0.3 is 0 Å². The van der Waals surface area contributed by atoms with E-state index in [1.807, 2.05) is 25.1 Å². The van der Waals surface area contributed by atoms with Crippen LogP contribution < -0.4 is 15.4 Å². The van der Waals surface area contributed by atoms with Crippen LogP contribution in [0.1, 0.15) is 35.6 Å². The molecule has 5 heteroatoms. The number of anilines is 2. The Morgan fingerprint density at radius 2 is 2.08 bits per heavy atom. The van der Waals surface area contributed by atoms with Gasteiger partial charge in [-0.2, -0.15) is 5.26 Å². The molecule has 4 heterocycles. The zero-order valence-electron chi connectivity index (χ0n) is 14.0. The van der Waals surface area contributed by atoms with E-state index in [1.165, 1.54) is 0 Å². The molecule has 122 valence electrons. The third-order valence-electron chi connectivity index (χ3n) is 5.16. The lowest BCUT2D eigenvalue weighted by Crippen LogP contribution is -2.40. The summed E-state index contributed by atoms with van der Waals surface area (Å²) in [6.45, 7) is 4.05. The Hall–Kier alpha value is -2.74. The highest BCUT2D eigenvalue weighted by molar-refractivity contribution is 5.91. The molecule has 2 bridgehead atoms. The predicted octanol–water partition coefficient (Wildman–Crippen LogP) is 3.22. The van der Waals surface area contributed by atoms with Crippen molar-refractivity contribution in [2.45, 2.75) is 25.7 Å². The summed E-state index contributed by atoms with van der Waals surface area (Å²) in [5.41, 5.74) is 11.6. The van der Waals surface area contributed by atoms with Crippen molar-refractivity contribution in [3.05, 3.63) is 35.0 Å². The van der Waals surface area contributed by atoms with Gasteiger partial charge in [0.1, 0.15) is 23.2 Å². The van der Waals surface area contributed by atoms with Gasteiger partial charge in [-0.25, -0.2) is 4.98 Å². The first-order chi connectivity index (χ1) is 11.6. The zero-order valence-corrected chi connectivity index (χ0v) is 14.0. The number of nitrogen functional groups attached to an aromatic ring is 1. The van der Waals surface area contributed by atoms with Crippen LogP contribution in [-0.2, 0) is 0 Å². The van der Waals surface area contributed by atoms with Crippen molar-refractivity contribution in [1.29, 1.82) is 5.26 Å². The van der Waals surface area contributed by atoms with Crippen molar-refractivity contribution >= 4 is 11.5 Å². The summed E-state index contributed by atoms with van der Waals surface area (Å²) in [7, 11) is 1.66. The second-order valence-electron chi connectivity index (χ2n) is 6.56.